The summed E-state index contributed by atoms with van der Waals surface area (Å²) in [5, 5.41) is 16.6. The molecule has 1 aliphatic heterocycles. The zero-order chi connectivity index (χ0) is 23.3. The van der Waals surface area contributed by atoms with Crippen molar-refractivity contribution in [2.24, 2.45) is 5.92 Å². The molecule has 2 aromatic carbocycles. The van der Waals surface area contributed by atoms with Gasteiger partial charge < -0.3 is 30.0 Å². The van der Waals surface area contributed by atoms with Gasteiger partial charge in [-0.25, -0.2) is 0 Å². The van der Waals surface area contributed by atoms with Gasteiger partial charge in [0.25, 0.3) is 5.91 Å². The van der Waals surface area contributed by atoms with Crippen LogP contribution in [-0.4, -0.2) is 55.0 Å². The van der Waals surface area contributed by atoms with Crippen molar-refractivity contribution in [2.75, 3.05) is 13.7 Å². The Morgan fingerprint density at radius 3 is 2.41 bits per heavy atom. The molecule has 0 saturated carbocycles. The zero-order valence-corrected chi connectivity index (χ0v) is 18.3. The van der Waals surface area contributed by atoms with Gasteiger partial charge in [0.2, 0.25) is 12.2 Å². The lowest BCUT2D eigenvalue weighted by Gasteiger charge is -2.23. The summed E-state index contributed by atoms with van der Waals surface area (Å²) in [6, 6.07) is 9.32. The third-order valence-electron chi connectivity index (χ3n) is 5.09. The first-order valence-corrected chi connectivity index (χ1v) is 10.4. The molecular formula is C23H28N2O7. The molecule has 0 bridgehead atoms. The number of ether oxygens (including phenoxy) is 3. The summed E-state index contributed by atoms with van der Waals surface area (Å²) in [4.78, 5) is 36.5. The van der Waals surface area contributed by atoms with E-state index < -0.39 is 36.2 Å². The van der Waals surface area contributed by atoms with Gasteiger partial charge in [0, 0.05) is 10.8 Å². The van der Waals surface area contributed by atoms with Crippen LogP contribution in [0.3, 0.4) is 0 Å². The number of methoxy groups -OCH3 is 1. The van der Waals surface area contributed by atoms with Crippen LogP contribution in [0.15, 0.2) is 36.4 Å². The number of carbonyl (C=O) groups excluding carboxylic acids is 3. The van der Waals surface area contributed by atoms with Crippen LogP contribution in [0.25, 0.3) is 10.8 Å². The lowest BCUT2D eigenvalue weighted by molar-refractivity contribution is -0.155. The Labute approximate surface area is 186 Å². The van der Waals surface area contributed by atoms with E-state index in [2.05, 4.69) is 15.4 Å². The summed E-state index contributed by atoms with van der Waals surface area (Å²) >= 11 is 0. The molecule has 9 nitrogen and oxygen atoms in total. The fourth-order valence-electron chi connectivity index (χ4n) is 3.58. The SMILES string of the molecule is COc1ccc(OCC(=O)N[C@@H](CC(C)C)C(=O)N[C@H]2CC(=O)OC2O)c2ccccc12. The molecule has 1 saturated heterocycles. The molecule has 1 fully saturated rings. The smallest absolute Gasteiger partial charge is 0.310 e. The van der Waals surface area contributed by atoms with Crippen LogP contribution in [0.4, 0.5) is 0 Å². The van der Waals surface area contributed by atoms with Crippen molar-refractivity contribution in [3.8, 4) is 11.5 Å². The van der Waals surface area contributed by atoms with E-state index in [9.17, 15) is 19.5 Å². The molecule has 3 rings (SSSR count). The Morgan fingerprint density at radius 2 is 1.81 bits per heavy atom. The highest BCUT2D eigenvalue weighted by Gasteiger charge is 2.36. The monoisotopic (exact) mass is 444 g/mol. The Hall–Kier alpha value is -3.33. The van der Waals surface area contributed by atoms with E-state index in [1.165, 1.54) is 0 Å². The van der Waals surface area contributed by atoms with E-state index >= 15 is 0 Å². The van der Waals surface area contributed by atoms with Gasteiger partial charge in [-0.1, -0.05) is 38.1 Å². The number of fused-ring (bicyclic) bond motifs is 1. The molecule has 0 radical (unpaired) electrons. The number of nitrogens with one attached hydrogen (secondary N) is 2. The van der Waals surface area contributed by atoms with Crippen molar-refractivity contribution in [2.45, 2.75) is 45.1 Å². The highest BCUT2D eigenvalue weighted by molar-refractivity contribution is 5.94. The van der Waals surface area contributed by atoms with Crippen LogP contribution >= 0.6 is 0 Å². The number of carbonyl (C=O) groups is 3. The number of cyclic esters (lactones) is 1. The van der Waals surface area contributed by atoms with Gasteiger partial charge in [-0.15, -0.1) is 0 Å². The van der Waals surface area contributed by atoms with Crippen molar-refractivity contribution < 1.29 is 33.7 Å². The summed E-state index contributed by atoms with van der Waals surface area (Å²) in [5.41, 5.74) is 0. The number of hydrogen-bond donors (Lipinski definition) is 3. The lowest BCUT2D eigenvalue weighted by Crippen LogP contribution is -2.52. The molecule has 1 heterocycles. The third kappa shape index (κ3) is 5.67. The average Bonchev–Trinajstić information content (AvgIpc) is 3.07. The number of hydrogen-bond acceptors (Lipinski definition) is 7. The van der Waals surface area contributed by atoms with E-state index in [1.807, 2.05) is 38.1 Å². The quantitative estimate of drug-likeness (QED) is 0.501. The first-order chi connectivity index (χ1) is 15.3. The van der Waals surface area contributed by atoms with Crippen molar-refractivity contribution in [3.05, 3.63) is 36.4 Å². The van der Waals surface area contributed by atoms with Gasteiger partial charge >= 0.3 is 5.97 Å². The molecule has 0 spiro atoms. The van der Waals surface area contributed by atoms with Crippen LogP contribution in [0.1, 0.15) is 26.7 Å². The van der Waals surface area contributed by atoms with Gasteiger partial charge in [-0.05, 0) is 24.5 Å². The van der Waals surface area contributed by atoms with Gasteiger partial charge in [0.15, 0.2) is 6.61 Å². The number of benzene rings is 2. The highest BCUT2D eigenvalue weighted by Crippen LogP contribution is 2.32. The molecule has 3 atom stereocenters. The number of aliphatic hydroxyl groups is 1. The van der Waals surface area contributed by atoms with E-state index in [0.29, 0.717) is 17.9 Å². The van der Waals surface area contributed by atoms with Crippen molar-refractivity contribution in [1.29, 1.82) is 0 Å². The molecule has 2 amide bonds. The Kier molecular flexibility index (Phi) is 7.53. The van der Waals surface area contributed by atoms with Crippen molar-refractivity contribution >= 4 is 28.6 Å². The van der Waals surface area contributed by atoms with Crippen LogP contribution in [0, 0.1) is 5.92 Å². The molecule has 3 N–H and O–H groups in total. The van der Waals surface area contributed by atoms with Gasteiger partial charge in [-0.3, -0.25) is 14.4 Å². The third-order valence-corrected chi connectivity index (χ3v) is 5.09. The Bertz CT molecular complexity index is 991. The van der Waals surface area contributed by atoms with Gasteiger partial charge in [-0.2, -0.15) is 0 Å². The van der Waals surface area contributed by atoms with E-state index in [-0.39, 0.29) is 18.9 Å². The van der Waals surface area contributed by atoms with E-state index in [1.54, 1.807) is 19.2 Å². The summed E-state index contributed by atoms with van der Waals surface area (Å²) in [6.07, 6.45) is -1.14. The lowest BCUT2D eigenvalue weighted by atomic mass is 10.0. The highest BCUT2D eigenvalue weighted by atomic mass is 16.6. The van der Waals surface area contributed by atoms with Crippen LogP contribution in [0.2, 0.25) is 0 Å². The fourth-order valence-corrected chi connectivity index (χ4v) is 3.58. The normalized spacial score (nSPS) is 18.8. The predicted octanol–water partition coefficient (Wildman–Crippen LogP) is 1.51. The van der Waals surface area contributed by atoms with E-state index in [4.69, 9.17) is 9.47 Å². The van der Waals surface area contributed by atoms with Gasteiger partial charge in [0.1, 0.15) is 23.6 Å². The molecule has 1 unspecified atom stereocenters. The van der Waals surface area contributed by atoms with Crippen LogP contribution in [-0.2, 0) is 19.1 Å². The number of amides is 2. The Morgan fingerprint density at radius 1 is 1.16 bits per heavy atom. The molecular weight excluding hydrogens is 416 g/mol. The summed E-state index contributed by atoms with van der Waals surface area (Å²) < 4.78 is 15.7. The van der Waals surface area contributed by atoms with Crippen molar-refractivity contribution in [3.63, 3.8) is 0 Å². The molecule has 2 aromatic rings. The Balaban J connectivity index is 1.64. The molecule has 32 heavy (non-hydrogen) atoms. The van der Waals surface area contributed by atoms with Crippen molar-refractivity contribution in [1.82, 2.24) is 10.6 Å². The first-order valence-electron chi connectivity index (χ1n) is 10.4. The van der Waals surface area contributed by atoms with Crippen LogP contribution < -0.4 is 20.1 Å². The number of rotatable bonds is 9. The second-order valence-electron chi connectivity index (χ2n) is 8.05. The van der Waals surface area contributed by atoms with Crippen LogP contribution in [0.5, 0.6) is 11.5 Å². The number of aliphatic hydroxyl groups excluding tert-OH is 1. The summed E-state index contributed by atoms with van der Waals surface area (Å²) in [6.45, 7) is 3.55. The maximum absolute atomic E-state index is 12.7. The molecule has 0 aliphatic carbocycles. The largest absolute Gasteiger partial charge is 0.496 e. The minimum Gasteiger partial charge on any atom is -0.496 e. The number of esters is 1. The second kappa shape index (κ2) is 10.3. The first kappa shape index (κ1) is 23.3. The standard InChI is InChI=1S/C23H28N2O7/c1-13(2)10-16(22(28)25-17-11-21(27)32-23(17)29)24-20(26)12-31-19-9-8-18(30-3)14-6-4-5-7-15(14)19/h4-9,13,16-17,23,29H,10-12H2,1-3H3,(H,24,26)(H,25,28)/t16-,17-,23?/m0/s1. The predicted molar refractivity (Wildman–Crippen MR) is 116 cm³/mol. The average molecular weight is 444 g/mol. The maximum atomic E-state index is 12.7. The maximum Gasteiger partial charge on any atom is 0.310 e. The summed E-state index contributed by atoms with van der Waals surface area (Å²) in [7, 11) is 1.59. The fraction of sp³-hybridized carbons (Fsp3) is 0.435. The molecule has 9 heteroatoms. The molecule has 172 valence electrons. The van der Waals surface area contributed by atoms with Gasteiger partial charge in [0.05, 0.1) is 13.5 Å². The zero-order valence-electron chi connectivity index (χ0n) is 18.3. The summed E-state index contributed by atoms with van der Waals surface area (Å²) in [5.74, 6) is -0.223. The second-order valence-corrected chi connectivity index (χ2v) is 8.05. The minimum atomic E-state index is -1.39. The van der Waals surface area contributed by atoms with E-state index in [0.717, 1.165) is 10.8 Å². The topological polar surface area (TPSA) is 123 Å². The molecule has 1 aliphatic rings. The minimum absolute atomic E-state index is 0.115. The molecule has 0 aromatic heterocycles.